The highest BCUT2D eigenvalue weighted by Gasteiger charge is 2.37. The number of hydrogen-bond acceptors (Lipinski definition) is 8. The summed E-state index contributed by atoms with van der Waals surface area (Å²) in [6.07, 6.45) is 0.808. The van der Waals surface area contributed by atoms with Gasteiger partial charge in [0.05, 0.1) is 12.4 Å². The van der Waals surface area contributed by atoms with E-state index in [0.717, 1.165) is 16.0 Å². The summed E-state index contributed by atoms with van der Waals surface area (Å²) in [5, 5.41) is 8.49. The molecule has 32 heavy (non-hydrogen) atoms. The Morgan fingerprint density at radius 2 is 1.69 bits per heavy atom. The fourth-order valence-corrected chi connectivity index (χ4v) is 4.66. The Bertz CT molecular complexity index is 1010. The van der Waals surface area contributed by atoms with Crippen LogP contribution in [0.4, 0.5) is 0 Å². The summed E-state index contributed by atoms with van der Waals surface area (Å²) in [5.41, 5.74) is 7.58. The second-order valence-corrected chi connectivity index (χ2v) is 8.95. The molecule has 0 saturated carbocycles. The summed E-state index contributed by atoms with van der Waals surface area (Å²) in [5.74, 6) is -0.581. The average molecular weight is 475 g/mol. The molecule has 1 fully saturated rings. The van der Waals surface area contributed by atoms with Gasteiger partial charge >= 0.3 is 11.9 Å². The molecule has 1 aliphatic heterocycles. The van der Waals surface area contributed by atoms with Gasteiger partial charge in [0, 0.05) is 0 Å². The van der Waals surface area contributed by atoms with Gasteiger partial charge in [-0.1, -0.05) is 48.2 Å². The van der Waals surface area contributed by atoms with Crippen molar-refractivity contribution in [2.75, 3.05) is 13.7 Å². The Morgan fingerprint density at radius 3 is 2.22 bits per heavy atom. The van der Waals surface area contributed by atoms with Crippen LogP contribution in [-0.4, -0.2) is 57.1 Å². The molecule has 2 aromatic rings. The lowest BCUT2D eigenvalue weighted by molar-refractivity contribution is -0.142. The van der Waals surface area contributed by atoms with E-state index in [0.29, 0.717) is 28.7 Å². The highest BCUT2D eigenvalue weighted by Crippen LogP contribution is 2.30. The SMILES string of the molecule is COC(=O)[C@@H](N)Cc1ccc(Oc2ccc(CC3SC(=S)N(CC(=O)O)C3=O)cc2)cc1. The first-order valence-electron chi connectivity index (χ1n) is 9.69. The van der Waals surface area contributed by atoms with Crippen molar-refractivity contribution in [2.45, 2.75) is 24.1 Å². The van der Waals surface area contributed by atoms with E-state index in [2.05, 4.69) is 4.74 Å². The number of ether oxygens (including phenoxy) is 2. The Labute approximate surface area is 194 Å². The van der Waals surface area contributed by atoms with Crippen molar-refractivity contribution >= 4 is 46.1 Å². The molecule has 1 unspecified atom stereocenters. The third-order valence-corrected chi connectivity index (χ3v) is 6.35. The maximum Gasteiger partial charge on any atom is 0.323 e. The Hall–Kier alpha value is -2.95. The van der Waals surface area contributed by atoms with E-state index in [-0.39, 0.29) is 5.91 Å². The molecule has 1 amide bonds. The number of carbonyl (C=O) groups excluding carboxylic acids is 2. The predicted molar refractivity (Wildman–Crippen MR) is 124 cm³/mol. The molecule has 0 radical (unpaired) electrons. The van der Waals surface area contributed by atoms with Crippen molar-refractivity contribution in [3.63, 3.8) is 0 Å². The number of nitrogens with two attached hydrogens (primary N) is 1. The average Bonchev–Trinajstić information content (AvgIpc) is 3.02. The summed E-state index contributed by atoms with van der Waals surface area (Å²) in [4.78, 5) is 35.9. The molecule has 0 aromatic heterocycles. The zero-order valence-corrected chi connectivity index (χ0v) is 18.9. The fourth-order valence-electron chi connectivity index (χ4n) is 3.13. The quantitative estimate of drug-likeness (QED) is 0.417. The maximum absolute atomic E-state index is 12.4. The molecular weight excluding hydrogens is 452 g/mol. The number of esters is 1. The summed E-state index contributed by atoms with van der Waals surface area (Å²) < 4.78 is 10.8. The van der Waals surface area contributed by atoms with Crippen LogP contribution in [-0.2, 0) is 32.0 Å². The number of aliphatic carboxylic acids is 1. The van der Waals surface area contributed by atoms with Crippen LogP contribution in [0.5, 0.6) is 11.5 Å². The van der Waals surface area contributed by atoms with Crippen LogP contribution in [0.2, 0.25) is 0 Å². The number of thiocarbonyl (C=S) groups is 1. The van der Waals surface area contributed by atoms with Crippen LogP contribution < -0.4 is 10.5 Å². The van der Waals surface area contributed by atoms with Crippen molar-refractivity contribution in [3.05, 3.63) is 59.7 Å². The van der Waals surface area contributed by atoms with Crippen LogP contribution in [0.3, 0.4) is 0 Å². The molecule has 1 heterocycles. The van der Waals surface area contributed by atoms with Crippen LogP contribution in [0.1, 0.15) is 11.1 Å². The van der Waals surface area contributed by atoms with Crippen molar-refractivity contribution in [3.8, 4) is 11.5 Å². The lowest BCUT2D eigenvalue weighted by atomic mass is 10.1. The number of carbonyl (C=O) groups is 3. The molecular formula is C22H22N2O6S2. The van der Waals surface area contributed by atoms with Gasteiger partial charge in [-0.3, -0.25) is 19.3 Å². The lowest BCUT2D eigenvalue weighted by Gasteiger charge is -2.12. The van der Waals surface area contributed by atoms with E-state index in [1.807, 2.05) is 24.3 Å². The predicted octanol–water partition coefficient (Wildman–Crippen LogP) is 2.38. The Balaban J connectivity index is 1.56. The van der Waals surface area contributed by atoms with E-state index in [4.69, 9.17) is 27.8 Å². The third kappa shape index (κ3) is 6.06. The zero-order valence-electron chi connectivity index (χ0n) is 17.2. The fraction of sp³-hybridized carbons (Fsp3) is 0.273. The van der Waals surface area contributed by atoms with Gasteiger partial charge in [-0.25, -0.2) is 0 Å². The number of rotatable bonds is 9. The van der Waals surface area contributed by atoms with E-state index in [1.165, 1.54) is 18.9 Å². The number of amides is 1. The topological polar surface area (TPSA) is 119 Å². The molecule has 3 N–H and O–H groups in total. The van der Waals surface area contributed by atoms with Crippen molar-refractivity contribution in [2.24, 2.45) is 5.73 Å². The van der Waals surface area contributed by atoms with Gasteiger partial charge in [-0.05, 0) is 48.2 Å². The van der Waals surface area contributed by atoms with Gasteiger partial charge < -0.3 is 20.3 Å². The largest absolute Gasteiger partial charge is 0.480 e. The second kappa shape index (κ2) is 10.6. The first-order valence-corrected chi connectivity index (χ1v) is 11.0. The molecule has 0 bridgehead atoms. The number of nitrogens with zero attached hydrogens (tertiary/aromatic N) is 1. The molecule has 8 nitrogen and oxygen atoms in total. The van der Waals surface area contributed by atoms with Crippen LogP contribution in [0.15, 0.2) is 48.5 Å². The molecule has 3 rings (SSSR count). The number of carboxylic acid groups (broad SMARTS) is 1. The molecule has 168 valence electrons. The highest BCUT2D eigenvalue weighted by atomic mass is 32.2. The monoisotopic (exact) mass is 474 g/mol. The lowest BCUT2D eigenvalue weighted by Crippen LogP contribution is -2.36. The minimum absolute atomic E-state index is 0.283. The second-order valence-electron chi connectivity index (χ2n) is 7.12. The number of benzene rings is 2. The molecule has 2 aromatic carbocycles. The third-order valence-electron chi connectivity index (χ3n) is 4.76. The first-order chi connectivity index (χ1) is 15.3. The summed E-state index contributed by atoms with van der Waals surface area (Å²) in [6.45, 7) is -0.415. The molecule has 1 saturated heterocycles. The smallest absolute Gasteiger partial charge is 0.323 e. The molecule has 0 aliphatic carbocycles. The summed E-state index contributed by atoms with van der Waals surface area (Å²) in [7, 11) is 1.30. The Morgan fingerprint density at radius 1 is 1.12 bits per heavy atom. The maximum atomic E-state index is 12.4. The standard InChI is InChI=1S/C22H22N2O6S2/c1-29-21(28)17(23)10-13-2-6-15(7-3-13)30-16-8-4-14(5-9-16)11-18-20(27)24(12-19(25)26)22(31)32-18/h2-9,17-18H,10-12,23H2,1H3,(H,25,26)/t17-,18?/m0/s1. The van der Waals surface area contributed by atoms with Gasteiger partial charge in [0.1, 0.15) is 28.4 Å². The number of thioether (sulfide) groups is 1. The molecule has 1 aliphatic rings. The minimum Gasteiger partial charge on any atom is -0.480 e. The van der Waals surface area contributed by atoms with Crippen molar-refractivity contribution in [1.29, 1.82) is 0 Å². The molecule has 10 heteroatoms. The number of hydrogen-bond donors (Lipinski definition) is 2. The van der Waals surface area contributed by atoms with Crippen LogP contribution in [0.25, 0.3) is 0 Å². The van der Waals surface area contributed by atoms with E-state index < -0.39 is 29.8 Å². The van der Waals surface area contributed by atoms with Gasteiger partial charge in [0.25, 0.3) is 0 Å². The van der Waals surface area contributed by atoms with Gasteiger partial charge in [-0.15, -0.1) is 0 Å². The van der Waals surface area contributed by atoms with E-state index in [9.17, 15) is 14.4 Å². The van der Waals surface area contributed by atoms with E-state index >= 15 is 0 Å². The van der Waals surface area contributed by atoms with E-state index in [1.54, 1.807) is 24.3 Å². The van der Waals surface area contributed by atoms with Crippen molar-refractivity contribution in [1.82, 2.24) is 4.90 Å². The zero-order chi connectivity index (χ0) is 23.3. The molecule has 0 spiro atoms. The Kier molecular flexibility index (Phi) is 7.84. The normalized spacial score (nSPS) is 16.7. The molecule has 2 atom stereocenters. The summed E-state index contributed by atoms with van der Waals surface area (Å²) >= 11 is 6.34. The number of methoxy groups -OCH3 is 1. The van der Waals surface area contributed by atoms with Crippen LogP contribution >= 0.6 is 24.0 Å². The summed E-state index contributed by atoms with van der Waals surface area (Å²) in [6, 6.07) is 13.9. The van der Waals surface area contributed by atoms with Gasteiger partial charge in [0.2, 0.25) is 5.91 Å². The minimum atomic E-state index is -1.09. The highest BCUT2D eigenvalue weighted by molar-refractivity contribution is 8.24. The van der Waals surface area contributed by atoms with Crippen molar-refractivity contribution < 1.29 is 29.0 Å². The van der Waals surface area contributed by atoms with Gasteiger partial charge in [-0.2, -0.15) is 0 Å². The number of carboxylic acids is 1. The first kappa shape index (κ1) is 23.7. The van der Waals surface area contributed by atoms with Gasteiger partial charge in [0.15, 0.2) is 0 Å². The van der Waals surface area contributed by atoms with Crippen LogP contribution in [0, 0.1) is 0 Å².